The van der Waals surface area contributed by atoms with E-state index in [1.165, 1.54) is 42.6 Å². The van der Waals surface area contributed by atoms with Gasteiger partial charge in [-0.05, 0) is 55.3 Å². The number of carbonyl (C=O) groups excluding carboxylic acids is 1. The molecule has 1 aliphatic rings. The van der Waals surface area contributed by atoms with Gasteiger partial charge in [0.05, 0.1) is 17.4 Å². The Morgan fingerprint density at radius 3 is 2.50 bits per heavy atom. The smallest absolute Gasteiger partial charge is 0.425 e. The summed E-state index contributed by atoms with van der Waals surface area (Å²) in [4.78, 5) is 20.8. The van der Waals surface area contributed by atoms with Gasteiger partial charge >= 0.3 is 6.18 Å². The largest absolute Gasteiger partial charge is 0.481 e. The first-order valence-corrected chi connectivity index (χ1v) is 10.2. The van der Waals surface area contributed by atoms with Crippen LogP contribution in [0, 0.1) is 11.7 Å². The number of nitrogens with zero attached hydrogens (tertiary/aromatic N) is 2. The highest BCUT2D eigenvalue weighted by atomic mass is 19.4. The molecule has 0 aliphatic heterocycles. The third-order valence-electron chi connectivity index (χ3n) is 5.17. The van der Waals surface area contributed by atoms with Crippen molar-refractivity contribution >= 4 is 23.1 Å². The maximum atomic E-state index is 14.4. The number of aromatic nitrogens is 2. The zero-order valence-corrected chi connectivity index (χ0v) is 17.6. The number of amides is 1. The van der Waals surface area contributed by atoms with Crippen molar-refractivity contribution in [1.82, 2.24) is 9.97 Å². The predicted octanol–water partition coefficient (Wildman–Crippen LogP) is 4.61. The number of anilines is 3. The van der Waals surface area contributed by atoms with Crippen LogP contribution >= 0.6 is 0 Å². The molecular formula is C22H24F4N6O2. The highest BCUT2D eigenvalue weighted by Gasteiger charge is 2.51. The molecule has 2 aromatic carbocycles. The standard InChI is InChI=1S/C22H20F4N6O2.2H2/c23-16-8-3-12(19-29-10-17(27)20(31-19)32-28)9-15(16)21(33)30-13-4-6-14(7-5-13)34-18(11-1-2-11)22(24,25)26;;/h3-11,18H,1-2,27-28H2,(H,30,33)(H,29,31,32);2*1H/t18-;;/m1../s1. The van der Waals surface area contributed by atoms with E-state index in [1.807, 2.05) is 0 Å². The van der Waals surface area contributed by atoms with Gasteiger partial charge in [-0.2, -0.15) is 13.2 Å². The Morgan fingerprint density at radius 1 is 1.18 bits per heavy atom. The SMILES string of the molecule is NNc1nc(-c2ccc(F)c(C(=O)Nc3ccc(O[C@H](C4CC4)C(F)(F)F)cc3)c2)ncc1N.[HH].[HH]. The number of alkyl halides is 3. The van der Waals surface area contributed by atoms with Gasteiger partial charge in [0.15, 0.2) is 17.7 Å². The topological polar surface area (TPSA) is 128 Å². The maximum Gasteiger partial charge on any atom is 0.425 e. The van der Waals surface area contributed by atoms with E-state index >= 15 is 0 Å². The molecule has 3 aromatic rings. The molecule has 34 heavy (non-hydrogen) atoms. The normalized spacial score (nSPS) is 14.4. The first-order chi connectivity index (χ1) is 16.2. The molecule has 0 unspecified atom stereocenters. The quantitative estimate of drug-likeness (QED) is 0.221. The van der Waals surface area contributed by atoms with Gasteiger partial charge < -0.3 is 21.2 Å². The first-order valence-electron chi connectivity index (χ1n) is 10.2. The molecule has 1 heterocycles. The molecule has 1 amide bonds. The third-order valence-corrected chi connectivity index (χ3v) is 5.17. The number of benzene rings is 2. The molecule has 1 saturated carbocycles. The zero-order valence-electron chi connectivity index (χ0n) is 17.6. The molecule has 6 N–H and O–H groups in total. The number of hydrogen-bond acceptors (Lipinski definition) is 7. The van der Waals surface area contributed by atoms with Gasteiger partial charge in [0.25, 0.3) is 5.91 Å². The summed E-state index contributed by atoms with van der Waals surface area (Å²) in [7, 11) is 0. The molecule has 1 aliphatic carbocycles. The summed E-state index contributed by atoms with van der Waals surface area (Å²) in [6.07, 6.45) is -4.08. The van der Waals surface area contributed by atoms with Gasteiger partial charge in [-0.25, -0.2) is 20.2 Å². The summed E-state index contributed by atoms with van der Waals surface area (Å²) in [6.45, 7) is 0. The molecule has 0 saturated heterocycles. The molecular weight excluding hydrogens is 456 g/mol. The van der Waals surface area contributed by atoms with Crippen molar-refractivity contribution in [3.63, 3.8) is 0 Å². The molecule has 0 bridgehead atoms. The van der Waals surface area contributed by atoms with E-state index in [4.69, 9.17) is 16.3 Å². The summed E-state index contributed by atoms with van der Waals surface area (Å²) in [5, 5.41) is 2.51. The molecule has 182 valence electrons. The van der Waals surface area contributed by atoms with Gasteiger partial charge in [0, 0.05) is 20.0 Å². The van der Waals surface area contributed by atoms with Crippen LogP contribution < -0.4 is 27.1 Å². The Hall–Kier alpha value is -3.93. The zero-order chi connectivity index (χ0) is 24.5. The highest BCUT2D eigenvalue weighted by Crippen LogP contribution is 2.42. The van der Waals surface area contributed by atoms with Crippen LogP contribution in [0.25, 0.3) is 11.4 Å². The Kier molecular flexibility index (Phi) is 6.24. The van der Waals surface area contributed by atoms with Crippen LogP contribution in [0.5, 0.6) is 5.75 Å². The Balaban J connectivity index is 0.00000228. The molecule has 1 atom stereocenters. The van der Waals surface area contributed by atoms with Crippen LogP contribution in [-0.4, -0.2) is 28.2 Å². The van der Waals surface area contributed by atoms with Crippen molar-refractivity contribution in [3.05, 3.63) is 60.0 Å². The summed E-state index contributed by atoms with van der Waals surface area (Å²) in [5.74, 6) is 3.59. The predicted molar refractivity (Wildman–Crippen MR) is 121 cm³/mol. The van der Waals surface area contributed by atoms with E-state index in [2.05, 4.69) is 20.7 Å². The van der Waals surface area contributed by atoms with Gasteiger partial charge in [0.2, 0.25) is 0 Å². The minimum Gasteiger partial charge on any atom is -0.481 e. The van der Waals surface area contributed by atoms with Crippen LogP contribution in [0.2, 0.25) is 0 Å². The van der Waals surface area contributed by atoms with Gasteiger partial charge in [-0.15, -0.1) is 0 Å². The van der Waals surface area contributed by atoms with Gasteiger partial charge in [0.1, 0.15) is 11.6 Å². The molecule has 4 rings (SSSR count). The Bertz CT molecular complexity index is 1210. The number of nitrogens with one attached hydrogen (secondary N) is 2. The maximum absolute atomic E-state index is 14.4. The minimum atomic E-state index is -4.47. The number of ether oxygens (including phenoxy) is 1. The lowest BCUT2D eigenvalue weighted by atomic mass is 10.1. The lowest BCUT2D eigenvalue weighted by molar-refractivity contribution is -0.201. The average molecular weight is 480 g/mol. The van der Waals surface area contributed by atoms with Gasteiger partial charge in [-0.3, -0.25) is 4.79 Å². The Morgan fingerprint density at radius 2 is 1.88 bits per heavy atom. The number of hydrazine groups is 1. The Labute approximate surface area is 194 Å². The van der Waals surface area contributed by atoms with Crippen LogP contribution in [-0.2, 0) is 0 Å². The number of carbonyl (C=O) groups is 1. The van der Waals surface area contributed by atoms with Crippen molar-refractivity contribution in [1.29, 1.82) is 0 Å². The fourth-order valence-electron chi connectivity index (χ4n) is 3.28. The monoisotopic (exact) mass is 480 g/mol. The van der Waals surface area contributed by atoms with Crippen LogP contribution in [0.15, 0.2) is 48.7 Å². The van der Waals surface area contributed by atoms with Crippen molar-refractivity contribution in [2.45, 2.75) is 25.1 Å². The summed E-state index contributed by atoms with van der Waals surface area (Å²) in [6, 6.07) is 9.11. The second kappa shape index (κ2) is 9.14. The van der Waals surface area contributed by atoms with E-state index in [0.717, 1.165) is 6.07 Å². The number of rotatable bonds is 7. The van der Waals surface area contributed by atoms with E-state index in [0.29, 0.717) is 18.4 Å². The van der Waals surface area contributed by atoms with Crippen LogP contribution in [0.3, 0.4) is 0 Å². The second-order valence-electron chi connectivity index (χ2n) is 7.73. The minimum absolute atomic E-state index is 0. The van der Waals surface area contributed by atoms with E-state index in [9.17, 15) is 22.4 Å². The fourth-order valence-corrected chi connectivity index (χ4v) is 3.28. The molecule has 1 aromatic heterocycles. The summed E-state index contributed by atoms with van der Waals surface area (Å²) < 4.78 is 58.9. The number of nitrogen functional groups attached to an aromatic ring is 2. The van der Waals surface area contributed by atoms with Crippen LogP contribution in [0.1, 0.15) is 26.1 Å². The lowest BCUT2D eigenvalue weighted by Gasteiger charge is -2.21. The third kappa shape index (κ3) is 5.17. The molecule has 1 fully saturated rings. The molecule has 8 nitrogen and oxygen atoms in total. The van der Waals surface area contributed by atoms with Crippen molar-refractivity contribution in [2.24, 2.45) is 11.8 Å². The fraction of sp³-hybridized carbons (Fsp3) is 0.227. The molecule has 0 spiro atoms. The molecule has 0 radical (unpaired) electrons. The second-order valence-corrected chi connectivity index (χ2v) is 7.73. The average Bonchev–Trinajstić information content (AvgIpc) is 3.63. The van der Waals surface area contributed by atoms with Crippen LogP contribution in [0.4, 0.5) is 34.8 Å². The number of halogens is 4. The van der Waals surface area contributed by atoms with Crippen molar-refractivity contribution < 1.29 is 29.9 Å². The van der Waals surface area contributed by atoms with Crippen molar-refractivity contribution in [3.8, 4) is 17.1 Å². The van der Waals surface area contributed by atoms with E-state index < -0.39 is 29.9 Å². The highest BCUT2D eigenvalue weighted by molar-refractivity contribution is 6.05. The number of nitrogens with two attached hydrogens (primary N) is 2. The summed E-state index contributed by atoms with van der Waals surface area (Å²) >= 11 is 0. The van der Waals surface area contributed by atoms with E-state index in [-0.39, 0.29) is 37.2 Å². The molecule has 12 heteroatoms. The first kappa shape index (κ1) is 23.2. The van der Waals surface area contributed by atoms with E-state index in [1.54, 1.807) is 0 Å². The summed E-state index contributed by atoms with van der Waals surface area (Å²) in [5.41, 5.74) is 8.51. The van der Waals surface area contributed by atoms with Crippen molar-refractivity contribution in [2.75, 3.05) is 16.5 Å². The number of hydrogen-bond donors (Lipinski definition) is 4. The van der Waals surface area contributed by atoms with Gasteiger partial charge in [-0.1, -0.05) is 0 Å². The lowest BCUT2D eigenvalue weighted by Crippen LogP contribution is -2.36.